The second-order valence-electron chi connectivity index (χ2n) is 13.0. The number of Topliss-reactive ketones (excluding diaryl/α,β-unsaturated/α-hetero) is 2. The van der Waals surface area contributed by atoms with Crippen LogP contribution in [0.4, 0.5) is 0 Å². The molecule has 0 bridgehead atoms. The minimum absolute atomic E-state index is 0.0393. The summed E-state index contributed by atoms with van der Waals surface area (Å²) in [6.07, 6.45) is 2.22. The number of hydrogen-bond donors (Lipinski definition) is 0. The Morgan fingerprint density at radius 3 is 1.93 bits per heavy atom. The summed E-state index contributed by atoms with van der Waals surface area (Å²) in [5.41, 5.74) is 3.58. The van der Waals surface area contributed by atoms with Crippen LogP contribution >= 0.6 is 34.2 Å². The summed E-state index contributed by atoms with van der Waals surface area (Å²) in [6.45, 7) is 13.2. The zero-order valence-electron chi connectivity index (χ0n) is 25.3. The average molecular weight is 738 g/mol. The molecule has 1 heterocycles. The topological polar surface area (TPSA) is 90.0 Å². The van der Waals surface area contributed by atoms with Crippen molar-refractivity contribution in [2.24, 2.45) is 10.8 Å². The van der Waals surface area contributed by atoms with Crippen LogP contribution in [-0.4, -0.2) is 38.0 Å². The van der Waals surface area contributed by atoms with Gasteiger partial charge in [0.05, 0.1) is 10.2 Å². The number of carbonyl (C=O) groups is 2. The molecular weight excluding hydrogens is 701 g/mol. The number of ketones is 2. The lowest BCUT2D eigenvalue weighted by Crippen LogP contribution is -2.44. The van der Waals surface area contributed by atoms with E-state index < -0.39 is 16.0 Å². The van der Waals surface area contributed by atoms with E-state index in [4.69, 9.17) is 20.5 Å². The lowest BCUT2D eigenvalue weighted by atomic mass is 9.63. The number of benzene rings is 2. The van der Waals surface area contributed by atoms with Gasteiger partial charge in [-0.3, -0.25) is 9.59 Å². The molecule has 43 heavy (non-hydrogen) atoms. The summed E-state index contributed by atoms with van der Waals surface area (Å²) in [4.78, 5) is 30.1. The standard InChI is InChI=1S/C33H37ClINO6S/c1-7-36-23-15-32(3,4)17-25(37)29(23)28(30-24(36)16-33(5,6)18-26(30)38)19-13-22(35)31(27(14-19)41-8-2)42-43(39,40)21-11-9-20(34)10-12-21/h9-14,28H,7-8,15-18H2,1-6H3. The molecule has 2 aromatic rings. The maximum absolute atomic E-state index is 14.0. The third-order valence-electron chi connectivity index (χ3n) is 8.30. The summed E-state index contributed by atoms with van der Waals surface area (Å²) in [5, 5.41) is 0.408. The number of allylic oxidation sites excluding steroid dienone is 4. The summed E-state index contributed by atoms with van der Waals surface area (Å²) in [7, 11) is -4.20. The van der Waals surface area contributed by atoms with E-state index in [1.54, 1.807) is 13.0 Å². The van der Waals surface area contributed by atoms with E-state index in [0.717, 1.165) is 24.2 Å². The van der Waals surface area contributed by atoms with E-state index in [2.05, 4.69) is 39.5 Å². The molecule has 0 radical (unpaired) electrons. The molecule has 0 N–H and O–H groups in total. The van der Waals surface area contributed by atoms with E-state index in [-0.39, 0.29) is 45.4 Å². The Bertz CT molecular complexity index is 1620. The Balaban J connectivity index is 1.70. The molecule has 230 valence electrons. The number of rotatable bonds is 7. The minimum atomic E-state index is -4.20. The van der Waals surface area contributed by atoms with Crippen LogP contribution in [0, 0.1) is 14.4 Å². The van der Waals surface area contributed by atoms with Crippen molar-refractivity contribution in [1.29, 1.82) is 0 Å². The molecule has 0 fully saturated rings. The molecular formula is C33H37ClINO6S. The second kappa shape index (κ2) is 11.5. The molecule has 0 unspecified atom stereocenters. The van der Waals surface area contributed by atoms with Gasteiger partial charge in [-0.15, -0.1) is 0 Å². The van der Waals surface area contributed by atoms with Crippen molar-refractivity contribution in [3.63, 3.8) is 0 Å². The van der Waals surface area contributed by atoms with Crippen molar-refractivity contribution in [2.45, 2.75) is 78.0 Å². The predicted octanol–water partition coefficient (Wildman–Crippen LogP) is 7.82. The van der Waals surface area contributed by atoms with E-state index in [1.165, 1.54) is 24.3 Å². The molecule has 3 aliphatic rings. The molecule has 0 spiro atoms. The normalized spacial score (nSPS) is 20.2. The molecule has 0 aromatic heterocycles. The molecule has 1 aliphatic heterocycles. The van der Waals surface area contributed by atoms with Crippen LogP contribution in [0.25, 0.3) is 0 Å². The third kappa shape index (κ3) is 6.14. The lowest BCUT2D eigenvalue weighted by Gasteiger charge is -2.49. The molecule has 0 saturated heterocycles. The highest BCUT2D eigenvalue weighted by molar-refractivity contribution is 14.1. The van der Waals surface area contributed by atoms with E-state index in [9.17, 15) is 18.0 Å². The molecule has 2 aromatic carbocycles. The molecule has 7 nitrogen and oxygen atoms in total. The quantitative estimate of drug-likeness (QED) is 0.212. The van der Waals surface area contributed by atoms with Crippen molar-refractivity contribution in [1.82, 2.24) is 4.90 Å². The van der Waals surface area contributed by atoms with Gasteiger partial charge in [0.1, 0.15) is 4.90 Å². The zero-order valence-corrected chi connectivity index (χ0v) is 29.1. The fraction of sp³-hybridized carbons (Fsp3) is 0.455. The maximum Gasteiger partial charge on any atom is 0.339 e. The molecule has 2 aliphatic carbocycles. The maximum atomic E-state index is 14.0. The molecule has 0 amide bonds. The van der Waals surface area contributed by atoms with E-state index >= 15 is 0 Å². The first-order valence-corrected chi connectivity index (χ1v) is 17.4. The highest BCUT2D eigenvalue weighted by Gasteiger charge is 2.49. The Morgan fingerprint density at radius 1 is 0.907 bits per heavy atom. The van der Waals surface area contributed by atoms with Crippen LogP contribution < -0.4 is 8.92 Å². The smallest absolute Gasteiger partial charge is 0.339 e. The van der Waals surface area contributed by atoms with Gasteiger partial charge in [0.15, 0.2) is 23.1 Å². The summed E-state index contributed by atoms with van der Waals surface area (Å²) < 4.78 is 38.6. The van der Waals surface area contributed by atoms with Crippen LogP contribution in [0.15, 0.2) is 63.8 Å². The van der Waals surface area contributed by atoms with Crippen LogP contribution in [0.5, 0.6) is 11.5 Å². The Kier molecular flexibility index (Phi) is 8.59. The monoisotopic (exact) mass is 737 g/mol. The number of nitrogens with zero attached hydrogens (tertiary/aromatic N) is 1. The summed E-state index contributed by atoms with van der Waals surface area (Å²) in [6, 6.07) is 9.29. The first kappa shape index (κ1) is 32.0. The summed E-state index contributed by atoms with van der Waals surface area (Å²) in [5.74, 6) is -0.205. The van der Waals surface area contributed by atoms with Gasteiger partial charge in [0, 0.05) is 52.9 Å². The van der Waals surface area contributed by atoms with Crippen molar-refractivity contribution in [3.8, 4) is 11.5 Å². The molecule has 10 heteroatoms. The zero-order chi connectivity index (χ0) is 31.5. The van der Waals surface area contributed by atoms with Gasteiger partial charge in [0.2, 0.25) is 0 Å². The molecule has 5 rings (SSSR count). The predicted molar refractivity (Wildman–Crippen MR) is 175 cm³/mol. The van der Waals surface area contributed by atoms with Gasteiger partial charge in [0.25, 0.3) is 0 Å². The van der Waals surface area contributed by atoms with Gasteiger partial charge in [-0.05, 0) is 102 Å². The lowest BCUT2D eigenvalue weighted by molar-refractivity contribution is -0.119. The van der Waals surface area contributed by atoms with Crippen molar-refractivity contribution in [3.05, 3.63) is 73.1 Å². The van der Waals surface area contributed by atoms with Crippen LogP contribution in [0.2, 0.25) is 5.02 Å². The van der Waals surface area contributed by atoms with Crippen molar-refractivity contribution < 1.29 is 26.9 Å². The van der Waals surface area contributed by atoms with E-state index in [0.29, 0.717) is 44.7 Å². The van der Waals surface area contributed by atoms with Crippen molar-refractivity contribution >= 4 is 55.9 Å². The largest absolute Gasteiger partial charge is 0.490 e. The minimum Gasteiger partial charge on any atom is -0.490 e. The second-order valence-corrected chi connectivity index (χ2v) is 16.2. The fourth-order valence-corrected chi connectivity index (χ4v) is 8.59. The van der Waals surface area contributed by atoms with Gasteiger partial charge >= 0.3 is 10.1 Å². The fourth-order valence-electron chi connectivity index (χ4n) is 6.62. The number of hydrogen-bond acceptors (Lipinski definition) is 7. The van der Waals surface area contributed by atoms with Gasteiger partial charge in [-0.2, -0.15) is 8.42 Å². The highest BCUT2D eigenvalue weighted by atomic mass is 127. The number of carbonyl (C=O) groups excluding carboxylic acids is 2. The van der Waals surface area contributed by atoms with Crippen LogP contribution in [0.3, 0.4) is 0 Å². The Morgan fingerprint density at radius 2 is 1.44 bits per heavy atom. The highest BCUT2D eigenvalue weighted by Crippen LogP contribution is 2.55. The van der Waals surface area contributed by atoms with Gasteiger partial charge in [-0.25, -0.2) is 0 Å². The Hall–Kier alpha value is -2.37. The number of ether oxygens (including phenoxy) is 1. The first-order valence-electron chi connectivity index (χ1n) is 14.5. The SMILES string of the molecule is CCOc1cc(C2C3=C(CC(C)(C)CC3=O)N(CC)C3=C2C(=O)CC(C)(C)C3)cc(I)c1OS(=O)(=O)c1ccc(Cl)cc1. The average Bonchev–Trinajstić information content (AvgIpc) is 2.88. The summed E-state index contributed by atoms with van der Waals surface area (Å²) >= 11 is 7.99. The molecule has 0 saturated carbocycles. The Labute approximate surface area is 272 Å². The first-order chi connectivity index (χ1) is 20.1. The van der Waals surface area contributed by atoms with Gasteiger partial charge < -0.3 is 13.8 Å². The van der Waals surface area contributed by atoms with Crippen LogP contribution in [-0.2, 0) is 19.7 Å². The third-order valence-corrected chi connectivity index (χ3v) is 10.6. The van der Waals surface area contributed by atoms with Gasteiger partial charge in [-0.1, -0.05) is 39.3 Å². The van der Waals surface area contributed by atoms with E-state index in [1.807, 2.05) is 28.7 Å². The van der Waals surface area contributed by atoms with Crippen molar-refractivity contribution in [2.75, 3.05) is 13.2 Å². The molecule has 0 atom stereocenters. The number of halogens is 2. The van der Waals surface area contributed by atoms with Crippen LogP contribution in [0.1, 0.15) is 78.7 Å².